The molecule has 2 heteroatoms. The SMILES string of the molecule is O=Cc1ccc(CN2C/C=C\C/C=C\Cc3ccccc32)cc1. The Morgan fingerprint density at radius 1 is 0.913 bits per heavy atom. The maximum absolute atomic E-state index is 10.8. The summed E-state index contributed by atoms with van der Waals surface area (Å²) in [7, 11) is 0. The first kappa shape index (κ1) is 15.3. The Labute approximate surface area is 137 Å². The van der Waals surface area contributed by atoms with Crippen LogP contribution in [0.2, 0.25) is 0 Å². The van der Waals surface area contributed by atoms with Gasteiger partial charge in [-0.25, -0.2) is 0 Å². The lowest BCUT2D eigenvalue weighted by molar-refractivity contribution is 0.112. The summed E-state index contributed by atoms with van der Waals surface area (Å²) < 4.78 is 0. The van der Waals surface area contributed by atoms with E-state index in [2.05, 4.69) is 53.5 Å². The molecule has 0 spiro atoms. The molecule has 0 bridgehead atoms. The molecule has 0 amide bonds. The smallest absolute Gasteiger partial charge is 0.150 e. The molecule has 0 atom stereocenters. The summed E-state index contributed by atoms with van der Waals surface area (Å²) in [6.07, 6.45) is 11.7. The third-order valence-corrected chi connectivity index (χ3v) is 4.09. The Balaban J connectivity index is 1.89. The maximum atomic E-state index is 10.8. The number of para-hydroxylation sites is 1. The third-order valence-electron chi connectivity index (χ3n) is 4.09. The van der Waals surface area contributed by atoms with Crippen molar-refractivity contribution in [1.29, 1.82) is 0 Å². The largest absolute Gasteiger partial charge is 0.363 e. The number of fused-ring (bicyclic) bond motifs is 1. The Morgan fingerprint density at radius 2 is 1.70 bits per heavy atom. The minimum atomic E-state index is 0.722. The summed E-state index contributed by atoms with van der Waals surface area (Å²) in [6, 6.07) is 16.4. The first-order chi connectivity index (χ1) is 11.4. The van der Waals surface area contributed by atoms with Crippen molar-refractivity contribution >= 4 is 12.0 Å². The average Bonchev–Trinajstić information content (AvgIpc) is 2.61. The molecule has 0 fully saturated rings. The zero-order valence-corrected chi connectivity index (χ0v) is 13.2. The number of benzene rings is 2. The summed E-state index contributed by atoms with van der Waals surface area (Å²) in [4.78, 5) is 13.2. The van der Waals surface area contributed by atoms with Crippen molar-refractivity contribution in [1.82, 2.24) is 0 Å². The maximum Gasteiger partial charge on any atom is 0.150 e. The van der Waals surface area contributed by atoms with Gasteiger partial charge in [0.25, 0.3) is 0 Å². The molecule has 1 aliphatic heterocycles. The predicted octanol–water partition coefficient (Wildman–Crippen LogP) is 4.56. The van der Waals surface area contributed by atoms with E-state index in [-0.39, 0.29) is 0 Å². The van der Waals surface area contributed by atoms with E-state index in [0.29, 0.717) is 0 Å². The van der Waals surface area contributed by atoms with Gasteiger partial charge >= 0.3 is 0 Å². The molecule has 3 rings (SSSR count). The van der Waals surface area contributed by atoms with Gasteiger partial charge < -0.3 is 4.90 Å². The van der Waals surface area contributed by atoms with E-state index in [1.54, 1.807) is 0 Å². The summed E-state index contributed by atoms with van der Waals surface area (Å²) >= 11 is 0. The van der Waals surface area contributed by atoms with E-state index in [9.17, 15) is 4.79 Å². The fraction of sp³-hybridized carbons (Fsp3) is 0.190. The molecule has 0 radical (unpaired) electrons. The van der Waals surface area contributed by atoms with Gasteiger partial charge in [0.2, 0.25) is 0 Å². The summed E-state index contributed by atoms with van der Waals surface area (Å²) in [5.74, 6) is 0. The lowest BCUT2D eigenvalue weighted by Gasteiger charge is -2.26. The van der Waals surface area contributed by atoms with Crippen molar-refractivity contribution in [3.8, 4) is 0 Å². The Kier molecular flexibility index (Phi) is 5.05. The normalized spacial score (nSPS) is 17.1. The standard InChI is InChI=1S/C21H21NO/c23-17-19-13-11-18(12-14-19)16-22-15-7-3-1-2-4-8-20-9-5-6-10-21(20)22/h2-7,9-14,17H,1,8,15-16H2/b4-2-,7-3-. The zero-order chi connectivity index (χ0) is 15.9. The van der Waals surface area contributed by atoms with Crippen LogP contribution in [0.25, 0.3) is 0 Å². The zero-order valence-electron chi connectivity index (χ0n) is 13.2. The fourth-order valence-electron chi connectivity index (χ4n) is 2.85. The van der Waals surface area contributed by atoms with Crippen LogP contribution < -0.4 is 4.90 Å². The van der Waals surface area contributed by atoms with Gasteiger partial charge in [-0.05, 0) is 30.0 Å². The molecule has 0 saturated carbocycles. The molecule has 0 unspecified atom stereocenters. The van der Waals surface area contributed by atoms with E-state index in [1.165, 1.54) is 16.8 Å². The van der Waals surface area contributed by atoms with Crippen LogP contribution in [0.3, 0.4) is 0 Å². The van der Waals surface area contributed by atoms with Crippen molar-refractivity contribution in [2.75, 3.05) is 11.4 Å². The van der Waals surface area contributed by atoms with Crippen LogP contribution in [0.4, 0.5) is 5.69 Å². The Morgan fingerprint density at radius 3 is 2.52 bits per heavy atom. The number of anilines is 1. The van der Waals surface area contributed by atoms with Gasteiger partial charge in [-0.2, -0.15) is 0 Å². The van der Waals surface area contributed by atoms with Crippen molar-refractivity contribution in [3.63, 3.8) is 0 Å². The number of hydrogen-bond donors (Lipinski definition) is 0. The first-order valence-electron chi connectivity index (χ1n) is 8.04. The highest BCUT2D eigenvalue weighted by molar-refractivity contribution is 5.74. The van der Waals surface area contributed by atoms with Crippen molar-refractivity contribution in [3.05, 3.63) is 89.5 Å². The molecule has 1 heterocycles. The molecular weight excluding hydrogens is 282 g/mol. The van der Waals surface area contributed by atoms with E-state index in [1.807, 2.05) is 24.3 Å². The molecule has 2 aromatic rings. The molecular formula is C21H21NO. The van der Waals surface area contributed by atoms with E-state index in [0.717, 1.165) is 37.8 Å². The Hall–Kier alpha value is -2.61. The number of allylic oxidation sites excluding steroid dienone is 3. The van der Waals surface area contributed by atoms with E-state index >= 15 is 0 Å². The van der Waals surface area contributed by atoms with Gasteiger partial charge in [0, 0.05) is 24.3 Å². The lowest BCUT2D eigenvalue weighted by Crippen LogP contribution is -2.24. The fourth-order valence-corrected chi connectivity index (χ4v) is 2.85. The number of hydrogen-bond acceptors (Lipinski definition) is 2. The molecule has 0 aliphatic carbocycles. The molecule has 2 nitrogen and oxygen atoms in total. The average molecular weight is 303 g/mol. The number of rotatable bonds is 3. The van der Waals surface area contributed by atoms with Crippen molar-refractivity contribution in [2.24, 2.45) is 0 Å². The second-order valence-electron chi connectivity index (χ2n) is 5.75. The van der Waals surface area contributed by atoms with Crippen LogP contribution >= 0.6 is 0 Å². The van der Waals surface area contributed by atoms with E-state index in [4.69, 9.17) is 0 Å². The minimum absolute atomic E-state index is 0.722. The molecule has 0 N–H and O–H groups in total. The first-order valence-corrected chi connectivity index (χ1v) is 8.04. The monoisotopic (exact) mass is 303 g/mol. The second-order valence-corrected chi connectivity index (χ2v) is 5.75. The molecule has 0 saturated heterocycles. The number of carbonyl (C=O) groups excluding carboxylic acids is 1. The minimum Gasteiger partial charge on any atom is -0.363 e. The molecule has 1 aliphatic rings. The van der Waals surface area contributed by atoms with Crippen LogP contribution in [-0.4, -0.2) is 12.8 Å². The van der Waals surface area contributed by atoms with Gasteiger partial charge in [0.05, 0.1) is 0 Å². The highest BCUT2D eigenvalue weighted by Gasteiger charge is 2.10. The van der Waals surface area contributed by atoms with Crippen LogP contribution in [-0.2, 0) is 13.0 Å². The number of nitrogens with zero attached hydrogens (tertiary/aromatic N) is 1. The second kappa shape index (κ2) is 7.59. The highest BCUT2D eigenvalue weighted by atomic mass is 16.1. The van der Waals surface area contributed by atoms with Crippen LogP contribution in [0, 0.1) is 0 Å². The van der Waals surface area contributed by atoms with Gasteiger partial charge in [0.15, 0.2) is 0 Å². The van der Waals surface area contributed by atoms with E-state index < -0.39 is 0 Å². The lowest BCUT2D eigenvalue weighted by atomic mass is 10.1. The topological polar surface area (TPSA) is 20.3 Å². The van der Waals surface area contributed by atoms with Crippen LogP contribution in [0.1, 0.15) is 27.9 Å². The summed E-state index contributed by atoms with van der Waals surface area (Å²) in [5.41, 5.74) is 4.57. The quantitative estimate of drug-likeness (QED) is 0.612. The van der Waals surface area contributed by atoms with Crippen molar-refractivity contribution in [2.45, 2.75) is 19.4 Å². The molecule has 2 aromatic carbocycles. The number of carbonyl (C=O) groups is 1. The predicted molar refractivity (Wildman–Crippen MR) is 95.9 cm³/mol. The number of aldehydes is 1. The highest BCUT2D eigenvalue weighted by Crippen LogP contribution is 2.24. The summed E-state index contributed by atoms with van der Waals surface area (Å²) in [6.45, 7) is 1.73. The van der Waals surface area contributed by atoms with Gasteiger partial charge in [0.1, 0.15) is 6.29 Å². The molecule has 23 heavy (non-hydrogen) atoms. The van der Waals surface area contributed by atoms with Gasteiger partial charge in [-0.1, -0.05) is 66.8 Å². The van der Waals surface area contributed by atoms with Gasteiger partial charge in [-0.15, -0.1) is 0 Å². The summed E-state index contributed by atoms with van der Waals surface area (Å²) in [5, 5.41) is 0. The third kappa shape index (κ3) is 3.98. The van der Waals surface area contributed by atoms with Gasteiger partial charge in [-0.3, -0.25) is 4.79 Å². The molecule has 0 aromatic heterocycles. The molecule has 116 valence electrons. The Bertz CT molecular complexity index is 713. The van der Waals surface area contributed by atoms with Crippen LogP contribution in [0.15, 0.2) is 72.8 Å². The van der Waals surface area contributed by atoms with Crippen LogP contribution in [0.5, 0.6) is 0 Å². The van der Waals surface area contributed by atoms with Crippen molar-refractivity contribution < 1.29 is 4.79 Å².